The van der Waals surface area contributed by atoms with Gasteiger partial charge in [0, 0.05) is 11.0 Å². The molecule has 0 bridgehead atoms. The Morgan fingerprint density at radius 3 is 2.68 bits per heavy atom. The van der Waals surface area contributed by atoms with Crippen molar-refractivity contribution in [3.8, 4) is 5.75 Å². The first-order valence-electron chi connectivity index (χ1n) is 6.74. The summed E-state index contributed by atoms with van der Waals surface area (Å²) in [5, 5.41) is 3.36. The van der Waals surface area contributed by atoms with E-state index in [1.807, 2.05) is 12.1 Å². The summed E-state index contributed by atoms with van der Waals surface area (Å²) in [5.41, 5.74) is 1.25. The van der Waals surface area contributed by atoms with Gasteiger partial charge in [-0.05, 0) is 36.6 Å². The average molecular weight is 330 g/mol. The third kappa shape index (κ3) is 6.95. The van der Waals surface area contributed by atoms with Gasteiger partial charge in [0.15, 0.2) is 0 Å². The maximum Gasteiger partial charge on any atom is 0.120 e. The summed E-state index contributed by atoms with van der Waals surface area (Å²) >= 11 is 3.55. The van der Waals surface area contributed by atoms with Crippen LogP contribution in [0.25, 0.3) is 0 Å². The highest BCUT2D eigenvalue weighted by Gasteiger charge is 2.02. The molecule has 0 aromatic heterocycles. The molecule has 3 nitrogen and oxygen atoms in total. The van der Waals surface area contributed by atoms with Gasteiger partial charge < -0.3 is 14.8 Å². The van der Waals surface area contributed by atoms with Crippen LogP contribution in [0.4, 0.5) is 0 Å². The highest BCUT2D eigenvalue weighted by molar-refractivity contribution is 9.10. The van der Waals surface area contributed by atoms with E-state index < -0.39 is 0 Å². The molecule has 0 radical (unpaired) electrons. The molecule has 1 N–H and O–H groups in total. The van der Waals surface area contributed by atoms with Crippen molar-refractivity contribution in [1.29, 1.82) is 0 Å². The number of hydrogen-bond donors (Lipinski definition) is 1. The van der Waals surface area contributed by atoms with Gasteiger partial charge in [-0.1, -0.05) is 35.8 Å². The second kappa shape index (κ2) is 9.34. The van der Waals surface area contributed by atoms with Crippen molar-refractivity contribution in [3.63, 3.8) is 0 Å². The van der Waals surface area contributed by atoms with Gasteiger partial charge in [-0.15, -0.1) is 0 Å². The van der Waals surface area contributed by atoms with Gasteiger partial charge in [0.2, 0.25) is 0 Å². The van der Waals surface area contributed by atoms with Crippen LogP contribution in [0.5, 0.6) is 5.75 Å². The number of hydrogen-bond acceptors (Lipinski definition) is 3. The summed E-state index contributed by atoms with van der Waals surface area (Å²) in [6.07, 6.45) is 0.911. The largest absolute Gasteiger partial charge is 0.497 e. The minimum absolute atomic E-state index is 0.690. The molecular weight excluding hydrogens is 306 g/mol. The molecule has 1 aromatic carbocycles. The summed E-state index contributed by atoms with van der Waals surface area (Å²) in [7, 11) is 1.68. The lowest BCUT2D eigenvalue weighted by molar-refractivity contribution is 0.138. The van der Waals surface area contributed by atoms with Crippen molar-refractivity contribution >= 4 is 15.9 Å². The van der Waals surface area contributed by atoms with Crippen molar-refractivity contribution in [2.45, 2.75) is 20.3 Å². The van der Waals surface area contributed by atoms with E-state index in [1.165, 1.54) is 5.56 Å². The molecule has 1 aromatic rings. The quantitative estimate of drug-likeness (QED) is 0.705. The molecule has 1 rings (SSSR count). The summed E-state index contributed by atoms with van der Waals surface area (Å²) in [6.45, 7) is 7.88. The van der Waals surface area contributed by atoms with Crippen LogP contribution in [-0.4, -0.2) is 33.4 Å². The fourth-order valence-corrected chi connectivity index (χ4v) is 2.23. The maximum absolute atomic E-state index is 5.62. The molecule has 108 valence electrons. The van der Waals surface area contributed by atoms with Crippen molar-refractivity contribution < 1.29 is 9.47 Å². The highest BCUT2D eigenvalue weighted by Crippen LogP contribution is 2.23. The molecule has 0 heterocycles. The smallest absolute Gasteiger partial charge is 0.120 e. The van der Waals surface area contributed by atoms with Crippen molar-refractivity contribution in [2.24, 2.45) is 5.92 Å². The minimum atomic E-state index is 0.690. The fourth-order valence-electron chi connectivity index (χ4n) is 1.68. The van der Waals surface area contributed by atoms with Crippen LogP contribution in [0.15, 0.2) is 22.7 Å². The molecule has 0 saturated carbocycles. The lowest BCUT2D eigenvalue weighted by atomic mass is 10.1. The van der Waals surface area contributed by atoms with Gasteiger partial charge in [-0.25, -0.2) is 0 Å². The van der Waals surface area contributed by atoms with E-state index in [1.54, 1.807) is 7.11 Å². The Kier molecular flexibility index (Phi) is 8.10. The van der Waals surface area contributed by atoms with Crippen LogP contribution in [-0.2, 0) is 11.2 Å². The van der Waals surface area contributed by atoms with Crippen LogP contribution < -0.4 is 10.1 Å². The van der Waals surface area contributed by atoms with Gasteiger partial charge in [0.1, 0.15) is 5.75 Å². The first-order chi connectivity index (χ1) is 9.13. The van der Waals surface area contributed by atoms with E-state index in [0.717, 1.165) is 42.9 Å². The predicted molar refractivity (Wildman–Crippen MR) is 82.9 cm³/mol. The molecule has 19 heavy (non-hydrogen) atoms. The lowest BCUT2D eigenvalue weighted by Crippen LogP contribution is -2.24. The molecule has 0 fully saturated rings. The SMILES string of the molecule is COc1ccc(CCOCCNCC(C)C)c(Br)c1. The Morgan fingerprint density at radius 1 is 1.26 bits per heavy atom. The van der Waals surface area contributed by atoms with Crippen molar-refractivity contribution in [3.05, 3.63) is 28.2 Å². The van der Waals surface area contributed by atoms with Gasteiger partial charge in [0.05, 0.1) is 20.3 Å². The molecule has 4 heteroatoms. The first-order valence-corrected chi connectivity index (χ1v) is 7.53. The zero-order chi connectivity index (χ0) is 14.1. The molecule has 0 aliphatic carbocycles. The number of benzene rings is 1. The third-order valence-corrected chi connectivity index (χ3v) is 3.49. The predicted octanol–water partition coefficient (Wildman–Crippen LogP) is 3.26. The second-order valence-electron chi connectivity index (χ2n) is 4.92. The molecule has 0 atom stereocenters. The van der Waals surface area contributed by atoms with Gasteiger partial charge in [-0.3, -0.25) is 0 Å². The molecular formula is C15H24BrNO2. The van der Waals surface area contributed by atoms with Crippen LogP contribution >= 0.6 is 15.9 Å². The number of halogens is 1. The van der Waals surface area contributed by atoms with Crippen molar-refractivity contribution in [2.75, 3.05) is 33.4 Å². The van der Waals surface area contributed by atoms with E-state index in [2.05, 4.69) is 41.2 Å². The molecule has 0 unspecified atom stereocenters. The molecule has 0 spiro atoms. The van der Waals surface area contributed by atoms with Crippen LogP contribution in [0.2, 0.25) is 0 Å². The Hall–Kier alpha value is -0.580. The van der Waals surface area contributed by atoms with E-state index >= 15 is 0 Å². The molecule has 0 aliphatic heterocycles. The second-order valence-corrected chi connectivity index (χ2v) is 5.77. The van der Waals surface area contributed by atoms with Gasteiger partial charge in [0.25, 0.3) is 0 Å². The average Bonchev–Trinajstić information content (AvgIpc) is 2.38. The lowest BCUT2D eigenvalue weighted by Gasteiger charge is -2.09. The Labute approximate surface area is 124 Å². The molecule has 0 aliphatic rings. The Bertz CT molecular complexity index is 369. The van der Waals surface area contributed by atoms with Gasteiger partial charge in [-0.2, -0.15) is 0 Å². The van der Waals surface area contributed by atoms with Crippen molar-refractivity contribution in [1.82, 2.24) is 5.32 Å². The number of rotatable bonds is 9. The zero-order valence-electron chi connectivity index (χ0n) is 12.0. The third-order valence-electron chi connectivity index (χ3n) is 2.75. The normalized spacial score (nSPS) is 11.0. The summed E-state index contributed by atoms with van der Waals surface area (Å²) in [5.74, 6) is 1.56. The Balaban J connectivity index is 2.15. The molecule has 0 saturated heterocycles. The fraction of sp³-hybridized carbons (Fsp3) is 0.600. The van der Waals surface area contributed by atoms with E-state index in [4.69, 9.17) is 9.47 Å². The monoisotopic (exact) mass is 329 g/mol. The number of ether oxygens (including phenoxy) is 2. The highest BCUT2D eigenvalue weighted by atomic mass is 79.9. The van der Waals surface area contributed by atoms with Crippen LogP contribution in [0.3, 0.4) is 0 Å². The van der Waals surface area contributed by atoms with E-state index in [0.29, 0.717) is 5.92 Å². The number of methoxy groups -OCH3 is 1. The zero-order valence-corrected chi connectivity index (χ0v) is 13.6. The van der Waals surface area contributed by atoms with Crippen LogP contribution in [0, 0.1) is 5.92 Å². The summed E-state index contributed by atoms with van der Waals surface area (Å²) < 4.78 is 11.9. The Morgan fingerprint density at radius 2 is 2.05 bits per heavy atom. The summed E-state index contributed by atoms with van der Waals surface area (Å²) in [4.78, 5) is 0. The van der Waals surface area contributed by atoms with E-state index in [-0.39, 0.29) is 0 Å². The topological polar surface area (TPSA) is 30.5 Å². The first kappa shape index (κ1) is 16.5. The number of nitrogens with one attached hydrogen (secondary N) is 1. The van der Waals surface area contributed by atoms with E-state index in [9.17, 15) is 0 Å². The summed E-state index contributed by atoms with van der Waals surface area (Å²) in [6, 6.07) is 6.03. The van der Waals surface area contributed by atoms with Gasteiger partial charge >= 0.3 is 0 Å². The maximum atomic E-state index is 5.62. The molecule has 0 amide bonds. The minimum Gasteiger partial charge on any atom is -0.497 e. The standard InChI is InChI=1S/C15H24BrNO2/c1-12(2)11-17-7-9-19-8-6-13-4-5-14(18-3)10-15(13)16/h4-5,10,12,17H,6-9,11H2,1-3H3. The van der Waals surface area contributed by atoms with Crippen LogP contribution in [0.1, 0.15) is 19.4 Å².